The molecule has 1 aromatic heterocycles. The Morgan fingerprint density at radius 2 is 1.96 bits per heavy atom. The highest BCUT2D eigenvalue weighted by atomic mass is 35.5. The fourth-order valence-corrected chi connectivity index (χ4v) is 2.11. The van der Waals surface area contributed by atoms with Gasteiger partial charge in [0.1, 0.15) is 0 Å². The first kappa shape index (κ1) is 22.4. The molecule has 1 aromatic carbocycles. The number of carbonyl (C=O) groups excluding carboxylic acids is 1. The molecule has 2 N–H and O–H groups in total. The second-order valence-corrected chi connectivity index (χ2v) is 4.86. The van der Waals surface area contributed by atoms with Gasteiger partial charge in [-0.25, -0.2) is 0 Å². The summed E-state index contributed by atoms with van der Waals surface area (Å²) >= 11 is 0. The van der Waals surface area contributed by atoms with Gasteiger partial charge < -0.3 is 15.4 Å². The van der Waals surface area contributed by atoms with Gasteiger partial charge in [-0.2, -0.15) is 5.10 Å². The van der Waals surface area contributed by atoms with Gasteiger partial charge in [0.15, 0.2) is 0 Å². The molecule has 0 saturated heterocycles. The maximum absolute atomic E-state index is 12.3. The van der Waals surface area contributed by atoms with Crippen molar-refractivity contribution < 1.29 is 9.53 Å². The molecule has 0 aliphatic carbocycles. The van der Waals surface area contributed by atoms with Crippen molar-refractivity contribution >= 4 is 30.7 Å². The average molecular weight is 375 g/mol. The Balaban J connectivity index is 0.00000264. The van der Waals surface area contributed by atoms with E-state index in [4.69, 9.17) is 4.74 Å². The number of amides is 1. The minimum absolute atomic E-state index is 0. The van der Waals surface area contributed by atoms with Crippen molar-refractivity contribution in [3.05, 3.63) is 53.9 Å². The van der Waals surface area contributed by atoms with Crippen molar-refractivity contribution in [3.63, 3.8) is 0 Å². The van der Waals surface area contributed by atoms with E-state index in [0.717, 1.165) is 18.7 Å². The Labute approximate surface area is 154 Å². The van der Waals surface area contributed by atoms with E-state index in [1.165, 1.54) is 0 Å². The smallest absolute Gasteiger partial charge is 0.251 e. The molecule has 0 atom stereocenters. The summed E-state index contributed by atoms with van der Waals surface area (Å²) in [5.74, 6) is -0.0590. The predicted molar refractivity (Wildman–Crippen MR) is 99.3 cm³/mol. The van der Waals surface area contributed by atoms with Crippen LogP contribution in [0.1, 0.15) is 15.9 Å². The summed E-state index contributed by atoms with van der Waals surface area (Å²) in [7, 11) is 1.67. The molecule has 0 unspecified atom stereocenters. The SMILES string of the molecule is COCCNCCNC(=O)c1ccccc1Cn1cccn1.Cl.Cl. The van der Waals surface area contributed by atoms with Crippen LogP contribution in [0, 0.1) is 0 Å². The number of nitrogens with zero attached hydrogens (tertiary/aromatic N) is 2. The van der Waals surface area contributed by atoms with Crippen LogP contribution in [0.2, 0.25) is 0 Å². The van der Waals surface area contributed by atoms with Gasteiger partial charge in [-0.15, -0.1) is 24.8 Å². The normalized spacial score (nSPS) is 9.71. The van der Waals surface area contributed by atoms with E-state index in [2.05, 4.69) is 15.7 Å². The third-order valence-corrected chi connectivity index (χ3v) is 3.22. The number of rotatable bonds is 9. The van der Waals surface area contributed by atoms with Crippen LogP contribution in [0.25, 0.3) is 0 Å². The Hall–Kier alpha value is -1.60. The van der Waals surface area contributed by atoms with Crippen molar-refractivity contribution in [2.75, 3.05) is 33.4 Å². The highest BCUT2D eigenvalue weighted by Crippen LogP contribution is 2.10. The second kappa shape index (κ2) is 12.8. The second-order valence-electron chi connectivity index (χ2n) is 4.86. The van der Waals surface area contributed by atoms with E-state index in [-0.39, 0.29) is 30.7 Å². The lowest BCUT2D eigenvalue weighted by Crippen LogP contribution is -2.33. The van der Waals surface area contributed by atoms with E-state index in [1.807, 2.05) is 36.5 Å². The first-order chi connectivity index (χ1) is 10.8. The molecule has 0 aliphatic heterocycles. The van der Waals surface area contributed by atoms with Gasteiger partial charge in [0.05, 0.1) is 13.2 Å². The number of carbonyl (C=O) groups is 1. The van der Waals surface area contributed by atoms with E-state index < -0.39 is 0 Å². The summed E-state index contributed by atoms with van der Waals surface area (Å²) in [5, 5.41) is 10.3. The van der Waals surface area contributed by atoms with E-state index in [0.29, 0.717) is 25.3 Å². The fraction of sp³-hybridized carbons (Fsp3) is 0.375. The first-order valence-electron chi connectivity index (χ1n) is 7.34. The minimum Gasteiger partial charge on any atom is -0.383 e. The van der Waals surface area contributed by atoms with Crippen LogP contribution in [0.3, 0.4) is 0 Å². The average Bonchev–Trinajstić information content (AvgIpc) is 3.04. The number of hydrogen-bond acceptors (Lipinski definition) is 4. The van der Waals surface area contributed by atoms with Crippen LogP contribution in [-0.2, 0) is 11.3 Å². The summed E-state index contributed by atoms with van der Waals surface area (Å²) in [5.41, 5.74) is 1.64. The summed E-state index contributed by atoms with van der Waals surface area (Å²) < 4.78 is 6.75. The van der Waals surface area contributed by atoms with Crippen LogP contribution in [0.15, 0.2) is 42.7 Å². The zero-order valence-electron chi connectivity index (χ0n) is 13.6. The van der Waals surface area contributed by atoms with Crippen LogP contribution in [0.5, 0.6) is 0 Å². The topological polar surface area (TPSA) is 68.2 Å². The molecule has 0 aliphatic rings. The summed E-state index contributed by atoms with van der Waals surface area (Å²) in [6.07, 6.45) is 3.61. The Kier molecular flexibility index (Phi) is 11.9. The maximum atomic E-state index is 12.3. The molecule has 0 saturated carbocycles. The molecule has 1 amide bonds. The lowest BCUT2D eigenvalue weighted by atomic mass is 10.1. The van der Waals surface area contributed by atoms with Crippen LogP contribution in [0.4, 0.5) is 0 Å². The third-order valence-electron chi connectivity index (χ3n) is 3.22. The monoisotopic (exact) mass is 374 g/mol. The number of benzene rings is 1. The van der Waals surface area contributed by atoms with Crippen molar-refractivity contribution in [1.82, 2.24) is 20.4 Å². The predicted octanol–water partition coefficient (Wildman–Crippen LogP) is 1.74. The molecule has 6 nitrogen and oxygen atoms in total. The summed E-state index contributed by atoms with van der Waals surface area (Å²) in [4.78, 5) is 12.3. The number of halogens is 2. The van der Waals surface area contributed by atoms with Gasteiger partial charge in [-0.3, -0.25) is 9.48 Å². The summed E-state index contributed by atoms with van der Waals surface area (Å²) in [6, 6.07) is 9.47. The van der Waals surface area contributed by atoms with E-state index >= 15 is 0 Å². The molecule has 2 aromatic rings. The minimum atomic E-state index is -0.0590. The number of aromatic nitrogens is 2. The Morgan fingerprint density at radius 1 is 1.17 bits per heavy atom. The zero-order chi connectivity index (χ0) is 15.6. The molecule has 0 radical (unpaired) electrons. The first-order valence-corrected chi connectivity index (χ1v) is 7.34. The molecule has 0 spiro atoms. The molecule has 24 heavy (non-hydrogen) atoms. The van der Waals surface area contributed by atoms with Crippen molar-refractivity contribution in [2.24, 2.45) is 0 Å². The van der Waals surface area contributed by atoms with Crippen LogP contribution >= 0.6 is 24.8 Å². The maximum Gasteiger partial charge on any atom is 0.251 e. The Morgan fingerprint density at radius 3 is 2.67 bits per heavy atom. The van der Waals surface area contributed by atoms with Gasteiger partial charge in [0, 0.05) is 44.7 Å². The van der Waals surface area contributed by atoms with Crippen LogP contribution < -0.4 is 10.6 Å². The molecule has 0 bridgehead atoms. The lowest BCUT2D eigenvalue weighted by molar-refractivity contribution is 0.0952. The molecular weight excluding hydrogens is 351 g/mol. The number of ether oxygens (including phenoxy) is 1. The van der Waals surface area contributed by atoms with Gasteiger partial charge >= 0.3 is 0 Å². The number of hydrogen-bond donors (Lipinski definition) is 2. The van der Waals surface area contributed by atoms with Gasteiger partial charge in [-0.05, 0) is 17.7 Å². The largest absolute Gasteiger partial charge is 0.383 e. The van der Waals surface area contributed by atoms with Gasteiger partial charge in [-0.1, -0.05) is 18.2 Å². The molecule has 1 heterocycles. The number of methoxy groups -OCH3 is 1. The summed E-state index contributed by atoms with van der Waals surface area (Å²) in [6.45, 7) is 3.33. The fourth-order valence-electron chi connectivity index (χ4n) is 2.11. The quantitative estimate of drug-likeness (QED) is 0.656. The standard InChI is InChI=1S/C16H22N4O2.2ClH/c1-22-12-10-17-8-9-18-16(21)15-6-3-2-5-14(15)13-20-11-4-7-19-20;;/h2-7,11,17H,8-10,12-13H2,1H3,(H,18,21);2*1H. The highest BCUT2D eigenvalue weighted by molar-refractivity contribution is 5.95. The van der Waals surface area contributed by atoms with Crippen molar-refractivity contribution in [2.45, 2.75) is 6.54 Å². The van der Waals surface area contributed by atoms with Crippen molar-refractivity contribution in [3.8, 4) is 0 Å². The van der Waals surface area contributed by atoms with E-state index in [9.17, 15) is 4.79 Å². The van der Waals surface area contributed by atoms with Gasteiger partial charge in [0.2, 0.25) is 0 Å². The van der Waals surface area contributed by atoms with E-state index in [1.54, 1.807) is 18.0 Å². The lowest BCUT2D eigenvalue weighted by Gasteiger charge is -2.11. The molecule has 134 valence electrons. The van der Waals surface area contributed by atoms with Gasteiger partial charge in [0.25, 0.3) is 5.91 Å². The third kappa shape index (κ3) is 7.31. The Bertz CT molecular complexity index is 579. The highest BCUT2D eigenvalue weighted by Gasteiger charge is 2.10. The molecule has 2 rings (SSSR count). The van der Waals surface area contributed by atoms with Crippen LogP contribution in [-0.4, -0.2) is 49.0 Å². The molecular formula is C16H24Cl2N4O2. The molecule has 0 fully saturated rings. The van der Waals surface area contributed by atoms with Crippen molar-refractivity contribution in [1.29, 1.82) is 0 Å². The molecule has 8 heteroatoms. The zero-order valence-corrected chi connectivity index (χ0v) is 15.2. The number of nitrogens with one attached hydrogen (secondary N) is 2.